The number of nitrogens with zero attached hydrogens (tertiary/aromatic N) is 2. The average molecular weight is 1470 g/mol. The number of carbonyl (C=O) groups is 9. The van der Waals surface area contributed by atoms with Gasteiger partial charge in [0.1, 0.15) is 76.3 Å². The molecule has 0 bridgehead atoms. The smallest absolute Gasteiger partial charge is 0.329 e. The van der Waals surface area contributed by atoms with Crippen LogP contribution in [0.15, 0.2) is 78.9 Å². The number of carboxylic acid groups (broad SMARTS) is 1. The molecule has 0 spiro atoms. The summed E-state index contributed by atoms with van der Waals surface area (Å²) in [5, 5.41) is 24.2. The SMILES string of the molecule is COc1ccc(COc2ccc(CCC(=O)NCCCCCC(=O)NCCCC[C@H](NC(=O)N[C@@H](CCC(=O)OC(C)(C)C)C(=O)OC(C)(C)C)C(=O)O)cc2CNC(CC(=O)OC(C)(C)C)CN(CC(=O)OC(C)(C)C)Cc2nc(CCC(=O)OC(C)(C)C)ccc2OCc2ccc(OC)cc2)cc1. The van der Waals surface area contributed by atoms with E-state index in [2.05, 4.69) is 26.6 Å². The lowest BCUT2D eigenvalue weighted by molar-refractivity contribution is -0.160. The Morgan fingerprint density at radius 3 is 1.54 bits per heavy atom. The molecular weight excluding hydrogens is 1350 g/mol. The predicted octanol–water partition coefficient (Wildman–Crippen LogP) is 11.0. The third kappa shape index (κ3) is 39.1. The van der Waals surface area contributed by atoms with E-state index in [9.17, 15) is 48.3 Å². The van der Waals surface area contributed by atoms with Gasteiger partial charge in [0.15, 0.2) is 0 Å². The molecule has 0 saturated carbocycles. The number of carbonyl (C=O) groups excluding carboxylic acids is 8. The molecule has 4 aromatic rings. The fourth-order valence-electron chi connectivity index (χ4n) is 10.5. The van der Waals surface area contributed by atoms with Crippen LogP contribution in [0.1, 0.15) is 215 Å². The summed E-state index contributed by atoms with van der Waals surface area (Å²) in [7, 11) is 3.19. The van der Waals surface area contributed by atoms with Gasteiger partial charge in [-0.3, -0.25) is 38.7 Å². The first-order valence-corrected chi connectivity index (χ1v) is 36.1. The summed E-state index contributed by atoms with van der Waals surface area (Å²) >= 11 is 0. The van der Waals surface area contributed by atoms with Crippen molar-refractivity contribution < 1.29 is 90.9 Å². The second-order valence-corrected chi connectivity index (χ2v) is 30.9. The summed E-state index contributed by atoms with van der Waals surface area (Å²) in [6, 6.07) is 20.2. The maximum atomic E-state index is 14.0. The number of urea groups is 1. The van der Waals surface area contributed by atoms with Crippen molar-refractivity contribution in [2.75, 3.05) is 40.4 Å². The second kappa shape index (κ2) is 42.8. The van der Waals surface area contributed by atoms with Crippen molar-refractivity contribution in [3.8, 4) is 23.0 Å². The lowest BCUT2D eigenvalue weighted by Crippen LogP contribution is -2.52. The van der Waals surface area contributed by atoms with Crippen LogP contribution in [0.2, 0.25) is 0 Å². The molecule has 4 amide bonds. The van der Waals surface area contributed by atoms with Crippen LogP contribution in [0, 0.1) is 0 Å². The predicted molar refractivity (Wildman–Crippen MR) is 396 cm³/mol. The highest BCUT2D eigenvalue weighted by molar-refractivity contribution is 5.87. The number of nitrogens with one attached hydrogen (secondary N) is 5. The average Bonchev–Trinajstić information content (AvgIpc) is 0.842. The van der Waals surface area contributed by atoms with Crippen LogP contribution >= 0.6 is 0 Å². The van der Waals surface area contributed by atoms with Gasteiger partial charge in [0.05, 0.1) is 39.3 Å². The van der Waals surface area contributed by atoms with Crippen molar-refractivity contribution in [3.63, 3.8) is 0 Å². The molecule has 0 aliphatic carbocycles. The summed E-state index contributed by atoms with van der Waals surface area (Å²) in [6.45, 7) is 27.4. The number of aromatic nitrogens is 1. The standard InChI is InChI=1S/C79H117N7O19/c1-75(2,3)101-68(89)41-32-57-31-39-65(100-52-55-27-35-60(98-17)36-28-55)63(83-57)49-86(50-71(92)104-78(10,11)12)48-58(46-70(91)103-77(7,8)9)82-47-56-45-53(29-38-64(56)99-51-54-25-33-59(97-16)34-26-54)30-40-67(88)81-43-21-18-19-24-66(87)80-44-22-20-23-61(72(93)94)84-74(96)85-62(73(95)105-79(13,14)15)37-42-69(90)102-76(4,5)6/h25-29,31,33-36,38-39,45,58,61-62,82H,18-24,30,32,37,40-44,46-52H2,1-17H3,(H,80,87)(H,81,88)(H,93,94)(H2,84,85,96)/t58?,61-,62-/m0/s1. The van der Waals surface area contributed by atoms with Gasteiger partial charge < -0.3 is 74.3 Å². The van der Waals surface area contributed by atoms with Crippen LogP contribution in [0.5, 0.6) is 23.0 Å². The molecule has 1 heterocycles. The van der Waals surface area contributed by atoms with E-state index in [1.165, 1.54) is 0 Å². The van der Waals surface area contributed by atoms with Crippen molar-refractivity contribution >= 4 is 53.7 Å². The number of aryl methyl sites for hydroxylation is 2. The zero-order valence-corrected chi connectivity index (χ0v) is 65.0. The van der Waals surface area contributed by atoms with E-state index in [-0.39, 0.29) is 115 Å². The third-order valence-corrected chi connectivity index (χ3v) is 15.2. The Hall–Kier alpha value is -9.04. The summed E-state index contributed by atoms with van der Waals surface area (Å²) < 4.78 is 51.9. The third-order valence-electron chi connectivity index (χ3n) is 15.2. The number of hydrogen-bond donors (Lipinski definition) is 6. The fourth-order valence-corrected chi connectivity index (χ4v) is 10.5. The highest BCUT2D eigenvalue weighted by atomic mass is 16.6. The van der Waals surface area contributed by atoms with Crippen molar-refractivity contribution in [1.82, 2.24) is 36.5 Å². The van der Waals surface area contributed by atoms with Gasteiger partial charge in [-0.15, -0.1) is 0 Å². The van der Waals surface area contributed by atoms with Gasteiger partial charge >= 0.3 is 41.8 Å². The molecule has 26 nitrogen and oxygen atoms in total. The number of carboxylic acids is 1. The van der Waals surface area contributed by atoms with Crippen molar-refractivity contribution in [2.45, 2.75) is 266 Å². The van der Waals surface area contributed by atoms with Crippen molar-refractivity contribution in [2.24, 2.45) is 0 Å². The summed E-state index contributed by atoms with van der Waals surface area (Å²) in [6.07, 6.45) is 3.36. The Labute approximate surface area is 620 Å². The van der Waals surface area contributed by atoms with E-state index in [0.717, 1.165) is 22.3 Å². The number of unbranched alkanes of at least 4 members (excludes halogenated alkanes) is 3. The van der Waals surface area contributed by atoms with Gasteiger partial charge in [-0.05, 0) is 208 Å². The zero-order chi connectivity index (χ0) is 78.1. The van der Waals surface area contributed by atoms with E-state index in [0.29, 0.717) is 79.5 Å². The molecule has 0 saturated heterocycles. The zero-order valence-electron chi connectivity index (χ0n) is 65.0. The number of esters is 5. The van der Waals surface area contributed by atoms with Gasteiger partial charge in [-0.2, -0.15) is 0 Å². The lowest BCUT2D eigenvalue weighted by Gasteiger charge is -2.30. The Kier molecular flexibility index (Phi) is 36.0. The molecule has 26 heteroatoms. The summed E-state index contributed by atoms with van der Waals surface area (Å²) in [4.78, 5) is 124. The molecule has 105 heavy (non-hydrogen) atoms. The van der Waals surface area contributed by atoms with E-state index in [1.807, 2.05) is 92.4 Å². The van der Waals surface area contributed by atoms with Gasteiger partial charge in [0.2, 0.25) is 11.8 Å². The molecular formula is C79H117N7O19. The molecule has 6 N–H and O–H groups in total. The van der Waals surface area contributed by atoms with Gasteiger partial charge in [0, 0.05) is 75.7 Å². The molecule has 0 aliphatic heterocycles. The highest BCUT2D eigenvalue weighted by Gasteiger charge is 2.32. The van der Waals surface area contributed by atoms with Gasteiger partial charge in [0.25, 0.3) is 0 Å². The van der Waals surface area contributed by atoms with Gasteiger partial charge in [-0.1, -0.05) is 42.8 Å². The first kappa shape index (κ1) is 88.4. The molecule has 0 aliphatic rings. The largest absolute Gasteiger partial charge is 0.497 e. The molecule has 1 unspecified atom stereocenters. The number of rotatable bonds is 43. The summed E-state index contributed by atoms with van der Waals surface area (Å²) in [5.41, 5.74) is 0.425. The number of ether oxygens (including phenoxy) is 9. The normalized spacial score (nSPS) is 12.7. The quantitative estimate of drug-likeness (QED) is 0.0136. The molecule has 582 valence electrons. The maximum Gasteiger partial charge on any atom is 0.329 e. The number of aliphatic carboxylic acids is 1. The molecule has 0 radical (unpaired) electrons. The van der Waals surface area contributed by atoms with E-state index in [1.54, 1.807) is 109 Å². The molecule has 3 atom stereocenters. The monoisotopic (exact) mass is 1470 g/mol. The Balaban J connectivity index is 1.43. The van der Waals surface area contributed by atoms with Crippen LogP contribution in [-0.2, 0) is 101 Å². The van der Waals surface area contributed by atoms with Crippen LogP contribution in [0.25, 0.3) is 0 Å². The molecule has 3 aromatic carbocycles. The lowest BCUT2D eigenvalue weighted by atomic mass is 10.0. The fraction of sp³-hybridized carbons (Fsp3) is 0.595. The van der Waals surface area contributed by atoms with Crippen LogP contribution in [0.4, 0.5) is 4.79 Å². The first-order valence-electron chi connectivity index (χ1n) is 36.1. The number of amides is 4. The Morgan fingerprint density at radius 2 is 0.990 bits per heavy atom. The number of pyridine rings is 1. The van der Waals surface area contributed by atoms with Gasteiger partial charge in [-0.25, -0.2) is 14.4 Å². The molecule has 1 aromatic heterocycles. The minimum atomic E-state index is -1.30. The van der Waals surface area contributed by atoms with E-state index in [4.69, 9.17) is 47.6 Å². The Morgan fingerprint density at radius 1 is 0.495 bits per heavy atom. The van der Waals surface area contributed by atoms with Crippen molar-refractivity contribution in [3.05, 3.63) is 113 Å². The molecule has 0 fully saturated rings. The highest BCUT2D eigenvalue weighted by Crippen LogP contribution is 2.27. The minimum Gasteiger partial charge on any atom is -0.497 e. The number of hydrogen-bond acceptors (Lipinski definition) is 21. The topological polar surface area (TPSA) is 333 Å². The van der Waals surface area contributed by atoms with Crippen LogP contribution in [0.3, 0.4) is 0 Å². The van der Waals surface area contributed by atoms with Crippen LogP contribution < -0.4 is 45.5 Å². The maximum absolute atomic E-state index is 14.0. The van der Waals surface area contributed by atoms with E-state index >= 15 is 0 Å². The first-order chi connectivity index (χ1) is 49.1. The van der Waals surface area contributed by atoms with E-state index < -0.39 is 82.0 Å². The van der Waals surface area contributed by atoms with Crippen molar-refractivity contribution in [1.29, 1.82) is 0 Å². The Bertz CT molecular complexity index is 3440. The minimum absolute atomic E-state index is 0.0389. The number of benzene rings is 3. The number of methoxy groups -OCH3 is 2. The summed E-state index contributed by atoms with van der Waals surface area (Å²) in [5.74, 6) is -2.00. The second-order valence-electron chi connectivity index (χ2n) is 30.9. The molecule has 4 rings (SSSR count). The van der Waals surface area contributed by atoms with Crippen LogP contribution in [-0.4, -0.2) is 155 Å².